The smallest absolute Gasteiger partial charge is 0.166 e. The molecule has 1 atom stereocenters. The fourth-order valence-electron chi connectivity index (χ4n) is 3.06. The Kier molecular flexibility index (Phi) is 4.05. The second-order valence-electron chi connectivity index (χ2n) is 6.16. The van der Waals surface area contributed by atoms with Gasteiger partial charge in [0.1, 0.15) is 0 Å². The van der Waals surface area contributed by atoms with Crippen molar-refractivity contribution >= 4 is 6.08 Å². The number of halogens is 3. The molecule has 0 aromatic heterocycles. The molecule has 0 nitrogen and oxygen atoms in total. The first-order chi connectivity index (χ1) is 10.9. The van der Waals surface area contributed by atoms with Crippen LogP contribution in [-0.4, -0.2) is 0 Å². The van der Waals surface area contributed by atoms with Crippen molar-refractivity contribution in [1.29, 1.82) is 0 Å². The van der Waals surface area contributed by atoms with Crippen LogP contribution < -0.4 is 0 Å². The van der Waals surface area contributed by atoms with Crippen LogP contribution in [0.25, 0.3) is 17.2 Å². The molecule has 0 bridgehead atoms. The third-order valence-electron chi connectivity index (χ3n) is 4.69. The first kappa shape index (κ1) is 15.9. The van der Waals surface area contributed by atoms with E-state index in [1.165, 1.54) is 11.1 Å². The Bertz CT molecular complexity index is 736. The van der Waals surface area contributed by atoms with E-state index < -0.39 is 11.7 Å². The second-order valence-corrected chi connectivity index (χ2v) is 6.16. The minimum absolute atomic E-state index is 0.530. The maximum absolute atomic E-state index is 12.7. The predicted molar refractivity (Wildman–Crippen MR) is 88.0 cm³/mol. The zero-order valence-electron chi connectivity index (χ0n) is 13.2. The van der Waals surface area contributed by atoms with Gasteiger partial charge in [-0.3, -0.25) is 0 Å². The Morgan fingerprint density at radius 1 is 1.04 bits per heavy atom. The van der Waals surface area contributed by atoms with E-state index in [0.29, 0.717) is 5.92 Å². The van der Waals surface area contributed by atoms with E-state index in [-0.39, 0.29) is 0 Å². The van der Waals surface area contributed by atoms with Crippen LogP contribution in [0.1, 0.15) is 37.0 Å². The highest BCUT2D eigenvalue weighted by Gasteiger charge is 2.30. The summed E-state index contributed by atoms with van der Waals surface area (Å²) in [5, 5.41) is 0. The molecule has 1 aliphatic carbocycles. The van der Waals surface area contributed by atoms with Gasteiger partial charge in [0, 0.05) is 0 Å². The molecule has 1 aliphatic rings. The number of alkyl halides is 3. The summed E-state index contributed by atoms with van der Waals surface area (Å²) in [4.78, 5) is 0. The molecular formula is C20H19F3. The van der Waals surface area contributed by atoms with Crippen molar-refractivity contribution in [3.63, 3.8) is 0 Å². The number of hydrogen-bond donors (Lipinski definition) is 0. The van der Waals surface area contributed by atoms with Gasteiger partial charge in [-0.05, 0) is 53.1 Å². The van der Waals surface area contributed by atoms with Crippen LogP contribution in [0.15, 0.2) is 48.0 Å². The van der Waals surface area contributed by atoms with Gasteiger partial charge in [0.25, 0.3) is 0 Å². The summed E-state index contributed by atoms with van der Waals surface area (Å²) in [6.45, 7) is 4.39. The average Bonchev–Trinajstić information content (AvgIpc) is 2.97. The van der Waals surface area contributed by atoms with Crippen molar-refractivity contribution in [3.05, 3.63) is 64.7 Å². The monoisotopic (exact) mass is 316 g/mol. The molecule has 2 aromatic carbocycles. The number of benzene rings is 2. The minimum Gasteiger partial charge on any atom is -0.166 e. The molecule has 0 heterocycles. The highest BCUT2D eigenvalue weighted by molar-refractivity contribution is 5.81. The summed E-state index contributed by atoms with van der Waals surface area (Å²) in [6, 6.07) is 11.5. The molecule has 23 heavy (non-hydrogen) atoms. The van der Waals surface area contributed by atoms with Gasteiger partial charge < -0.3 is 0 Å². The highest BCUT2D eigenvalue weighted by atomic mass is 19.4. The Hall–Kier alpha value is -2.03. The second kappa shape index (κ2) is 5.88. The van der Waals surface area contributed by atoms with Crippen LogP contribution in [-0.2, 0) is 12.6 Å². The van der Waals surface area contributed by atoms with Gasteiger partial charge in [-0.2, -0.15) is 13.2 Å². The molecule has 0 saturated heterocycles. The molecule has 3 rings (SSSR count). The van der Waals surface area contributed by atoms with Crippen LogP contribution in [0.4, 0.5) is 13.2 Å². The number of rotatable bonds is 3. The Labute approximate surface area is 134 Å². The Morgan fingerprint density at radius 3 is 2.35 bits per heavy atom. The molecule has 120 valence electrons. The third-order valence-corrected chi connectivity index (χ3v) is 4.69. The number of hydrogen-bond acceptors (Lipinski definition) is 0. The molecule has 3 heteroatoms. The Morgan fingerprint density at radius 2 is 1.74 bits per heavy atom. The van der Waals surface area contributed by atoms with E-state index in [1.807, 2.05) is 12.1 Å². The first-order valence-electron chi connectivity index (χ1n) is 7.90. The molecule has 0 fully saturated rings. The van der Waals surface area contributed by atoms with Crippen molar-refractivity contribution in [2.24, 2.45) is 5.92 Å². The van der Waals surface area contributed by atoms with Crippen molar-refractivity contribution in [3.8, 4) is 11.1 Å². The van der Waals surface area contributed by atoms with Gasteiger partial charge in [0.2, 0.25) is 0 Å². The van der Waals surface area contributed by atoms with Gasteiger partial charge >= 0.3 is 6.18 Å². The zero-order valence-corrected chi connectivity index (χ0v) is 13.2. The van der Waals surface area contributed by atoms with Crippen molar-refractivity contribution in [2.75, 3.05) is 0 Å². The van der Waals surface area contributed by atoms with Crippen molar-refractivity contribution in [2.45, 2.75) is 32.9 Å². The fraction of sp³-hybridized carbons (Fsp3) is 0.300. The van der Waals surface area contributed by atoms with Crippen LogP contribution in [0.5, 0.6) is 0 Å². The summed E-state index contributed by atoms with van der Waals surface area (Å²) in [5.74, 6) is 0.530. The van der Waals surface area contributed by atoms with Gasteiger partial charge in [0.05, 0.1) is 5.56 Å². The van der Waals surface area contributed by atoms with E-state index in [2.05, 4.69) is 26.0 Å². The topological polar surface area (TPSA) is 0 Å². The average molecular weight is 316 g/mol. The summed E-state index contributed by atoms with van der Waals surface area (Å²) < 4.78 is 38.1. The SMILES string of the molecule is CCC(C)C1=Cc2c(cccc2-c2ccc(C(F)(F)F)cc2)C1. The Balaban J connectivity index is 2.00. The maximum Gasteiger partial charge on any atom is 0.416 e. The number of allylic oxidation sites excluding steroid dienone is 1. The predicted octanol–water partition coefficient (Wildman–Crippen LogP) is 6.36. The molecular weight excluding hydrogens is 297 g/mol. The lowest BCUT2D eigenvalue weighted by Gasteiger charge is -2.10. The van der Waals surface area contributed by atoms with E-state index >= 15 is 0 Å². The van der Waals surface area contributed by atoms with Crippen molar-refractivity contribution < 1.29 is 13.2 Å². The lowest BCUT2D eigenvalue weighted by Crippen LogP contribution is -2.04. The molecule has 0 aliphatic heterocycles. The first-order valence-corrected chi connectivity index (χ1v) is 7.90. The normalized spacial score (nSPS) is 15.3. The minimum atomic E-state index is -4.29. The largest absolute Gasteiger partial charge is 0.416 e. The molecule has 0 radical (unpaired) electrons. The van der Waals surface area contributed by atoms with Crippen LogP contribution in [0, 0.1) is 5.92 Å². The molecule has 2 aromatic rings. The lowest BCUT2D eigenvalue weighted by molar-refractivity contribution is -0.137. The summed E-state index contributed by atoms with van der Waals surface area (Å²) >= 11 is 0. The number of fused-ring (bicyclic) bond motifs is 1. The molecule has 0 amide bonds. The molecule has 0 spiro atoms. The van der Waals surface area contributed by atoms with Crippen LogP contribution in [0.2, 0.25) is 0 Å². The van der Waals surface area contributed by atoms with Gasteiger partial charge in [-0.1, -0.05) is 55.8 Å². The maximum atomic E-state index is 12.7. The van der Waals surface area contributed by atoms with Crippen LogP contribution >= 0.6 is 0 Å². The highest BCUT2D eigenvalue weighted by Crippen LogP contribution is 2.38. The third kappa shape index (κ3) is 3.05. The zero-order chi connectivity index (χ0) is 16.6. The van der Waals surface area contributed by atoms with Gasteiger partial charge in [-0.25, -0.2) is 0 Å². The summed E-state index contributed by atoms with van der Waals surface area (Å²) in [5.41, 5.74) is 5.05. The molecule has 0 N–H and O–H groups in total. The van der Waals surface area contributed by atoms with E-state index in [9.17, 15) is 13.2 Å². The molecule has 1 unspecified atom stereocenters. The summed E-state index contributed by atoms with van der Waals surface area (Å²) in [7, 11) is 0. The lowest BCUT2D eigenvalue weighted by atomic mass is 9.96. The fourth-order valence-corrected chi connectivity index (χ4v) is 3.06. The summed E-state index contributed by atoms with van der Waals surface area (Å²) in [6.07, 6.45) is -0.0362. The molecule has 0 saturated carbocycles. The van der Waals surface area contributed by atoms with E-state index in [4.69, 9.17) is 0 Å². The van der Waals surface area contributed by atoms with Gasteiger partial charge in [-0.15, -0.1) is 0 Å². The van der Waals surface area contributed by atoms with E-state index in [0.717, 1.165) is 41.7 Å². The van der Waals surface area contributed by atoms with Crippen molar-refractivity contribution in [1.82, 2.24) is 0 Å². The van der Waals surface area contributed by atoms with Crippen LogP contribution in [0.3, 0.4) is 0 Å². The standard InChI is InChI=1S/C20H19F3/c1-3-13(2)16-11-15-5-4-6-18(19(15)12-16)14-7-9-17(10-8-14)20(21,22)23/h4-10,12-13H,3,11H2,1-2H3. The van der Waals surface area contributed by atoms with Gasteiger partial charge in [0.15, 0.2) is 0 Å². The van der Waals surface area contributed by atoms with E-state index in [1.54, 1.807) is 12.1 Å². The quantitative estimate of drug-likeness (QED) is 0.618.